The maximum Gasteiger partial charge on any atom is 0.333 e. The molecule has 0 aliphatic heterocycles. The summed E-state index contributed by atoms with van der Waals surface area (Å²) < 4.78 is 6.29. The molecule has 3 aromatic rings. The number of aryl methyl sites for hydroxylation is 1. The molecule has 2 aromatic carbocycles. The summed E-state index contributed by atoms with van der Waals surface area (Å²) in [6.45, 7) is 6.19. The summed E-state index contributed by atoms with van der Waals surface area (Å²) in [6.07, 6.45) is 1.14. The molecular weight excluding hydrogens is 358 g/mol. The largest absolute Gasteiger partial charge is 0.494 e. The van der Waals surface area contributed by atoms with Crippen LogP contribution in [0.25, 0.3) is 5.69 Å². The van der Waals surface area contributed by atoms with Crippen molar-refractivity contribution >= 4 is 11.6 Å². The van der Waals surface area contributed by atoms with E-state index in [1.165, 1.54) is 0 Å². The Hall–Kier alpha value is -3.61. The molecule has 0 spiro atoms. The van der Waals surface area contributed by atoms with Gasteiger partial charge in [-0.2, -0.15) is 0 Å². The lowest BCUT2D eigenvalue weighted by Crippen LogP contribution is -2.38. The van der Waals surface area contributed by atoms with Crippen LogP contribution in [0.15, 0.2) is 58.3 Å². The van der Waals surface area contributed by atoms with E-state index in [0.717, 1.165) is 21.9 Å². The highest BCUT2D eigenvalue weighted by Crippen LogP contribution is 2.18. The molecule has 0 unspecified atom stereocenters. The lowest BCUT2D eigenvalue weighted by Gasteiger charge is -2.11. The van der Waals surface area contributed by atoms with Gasteiger partial charge in [0.2, 0.25) is 0 Å². The van der Waals surface area contributed by atoms with Crippen LogP contribution in [0, 0.1) is 13.8 Å². The molecule has 1 amide bonds. The second kappa shape index (κ2) is 7.96. The van der Waals surface area contributed by atoms with Gasteiger partial charge in [0.1, 0.15) is 11.3 Å². The number of amides is 1. The number of rotatable bonds is 5. The minimum atomic E-state index is -0.698. The number of aromatic amines is 1. The first-order valence-electron chi connectivity index (χ1n) is 8.88. The zero-order valence-corrected chi connectivity index (χ0v) is 15.9. The third-order valence-corrected chi connectivity index (χ3v) is 4.48. The van der Waals surface area contributed by atoms with E-state index in [2.05, 4.69) is 10.3 Å². The van der Waals surface area contributed by atoms with Crippen molar-refractivity contribution in [3.8, 4) is 11.4 Å². The van der Waals surface area contributed by atoms with Crippen LogP contribution in [-0.4, -0.2) is 22.1 Å². The van der Waals surface area contributed by atoms with Crippen molar-refractivity contribution in [2.75, 3.05) is 11.9 Å². The summed E-state index contributed by atoms with van der Waals surface area (Å²) in [6, 6.07) is 12.0. The highest BCUT2D eigenvalue weighted by Gasteiger charge is 2.17. The zero-order chi connectivity index (χ0) is 20.3. The lowest BCUT2D eigenvalue weighted by molar-refractivity contribution is 0.102. The van der Waals surface area contributed by atoms with Crippen molar-refractivity contribution in [3.05, 3.63) is 86.2 Å². The number of aromatic nitrogens is 2. The van der Waals surface area contributed by atoms with E-state index < -0.39 is 17.2 Å². The van der Waals surface area contributed by atoms with Gasteiger partial charge in [-0.15, -0.1) is 0 Å². The summed E-state index contributed by atoms with van der Waals surface area (Å²) in [7, 11) is 0. The van der Waals surface area contributed by atoms with Gasteiger partial charge in [0.05, 0.1) is 12.3 Å². The van der Waals surface area contributed by atoms with Gasteiger partial charge in [-0.05, 0) is 62.2 Å². The molecule has 0 atom stereocenters. The molecule has 7 heteroatoms. The summed E-state index contributed by atoms with van der Waals surface area (Å²) >= 11 is 0. The third-order valence-electron chi connectivity index (χ3n) is 4.48. The van der Waals surface area contributed by atoms with Crippen LogP contribution in [-0.2, 0) is 0 Å². The number of H-pyrrole nitrogens is 1. The fourth-order valence-corrected chi connectivity index (χ4v) is 2.80. The van der Waals surface area contributed by atoms with E-state index in [4.69, 9.17) is 4.74 Å². The van der Waals surface area contributed by atoms with Gasteiger partial charge in [0.15, 0.2) is 0 Å². The van der Waals surface area contributed by atoms with Crippen molar-refractivity contribution in [3.63, 3.8) is 0 Å². The molecule has 0 aliphatic rings. The van der Waals surface area contributed by atoms with E-state index in [1.807, 2.05) is 32.9 Å². The molecule has 0 fully saturated rings. The molecule has 0 radical (unpaired) electrons. The topological polar surface area (TPSA) is 93.2 Å². The second-order valence-corrected chi connectivity index (χ2v) is 6.28. The Morgan fingerprint density at radius 2 is 1.82 bits per heavy atom. The second-order valence-electron chi connectivity index (χ2n) is 6.28. The molecule has 2 N–H and O–H groups in total. The molecule has 1 heterocycles. The van der Waals surface area contributed by atoms with Crippen molar-refractivity contribution in [1.82, 2.24) is 9.55 Å². The molecule has 1 aromatic heterocycles. The Labute approximate surface area is 161 Å². The lowest BCUT2D eigenvalue weighted by atomic mass is 10.1. The van der Waals surface area contributed by atoms with Gasteiger partial charge in [0, 0.05) is 11.9 Å². The Bertz CT molecular complexity index is 1130. The third kappa shape index (κ3) is 3.73. The normalized spacial score (nSPS) is 10.5. The molecule has 3 rings (SSSR count). The first kappa shape index (κ1) is 19.2. The van der Waals surface area contributed by atoms with Crippen molar-refractivity contribution in [2.45, 2.75) is 20.8 Å². The molecule has 144 valence electrons. The summed E-state index contributed by atoms with van der Waals surface area (Å²) in [5.41, 5.74) is 1.40. The monoisotopic (exact) mass is 379 g/mol. The number of carbonyl (C=O) groups excluding carboxylic acids is 1. The van der Waals surface area contributed by atoms with Crippen LogP contribution in [0.1, 0.15) is 28.4 Å². The SMILES string of the molecule is CCOc1ccc(-n2c(=O)[nH]cc(C(=O)Nc3cccc(C)c3C)c2=O)cc1. The predicted molar refractivity (Wildman–Crippen MR) is 108 cm³/mol. The van der Waals surface area contributed by atoms with Crippen molar-refractivity contribution in [2.24, 2.45) is 0 Å². The Balaban J connectivity index is 1.98. The summed E-state index contributed by atoms with van der Waals surface area (Å²) in [5.74, 6) is 0.0363. The molecule has 0 saturated heterocycles. The number of hydrogen-bond acceptors (Lipinski definition) is 4. The van der Waals surface area contributed by atoms with E-state index in [1.54, 1.807) is 30.3 Å². The van der Waals surface area contributed by atoms with Crippen LogP contribution in [0.2, 0.25) is 0 Å². The Morgan fingerprint density at radius 1 is 1.11 bits per heavy atom. The van der Waals surface area contributed by atoms with E-state index >= 15 is 0 Å². The van der Waals surface area contributed by atoms with Gasteiger partial charge in [-0.25, -0.2) is 9.36 Å². The van der Waals surface area contributed by atoms with Crippen LogP contribution in [0.4, 0.5) is 5.69 Å². The first-order chi connectivity index (χ1) is 13.4. The number of nitrogens with one attached hydrogen (secondary N) is 2. The van der Waals surface area contributed by atoms with Gasteiger partial charge >= 0.3 is 5.69 Å². The predicted octanol–water partition coefficient (Wildman–Crippen LogP) is 2.79. The number of ether oxygens (including phenoxy) is 1. The minimum absolute atomic E-state index is 0.158. The molecule has 0 aliphatic carbocycles. The van der Waals surface area contributed by atoms with Crippen LogP contribution in [0.3, 0.4) is 0 Å². The van der Waals surface area contributed by atoms with Gasteiger partial charge in [-0.1, -0.05) is 12.1 Å². The number of hydrogen-bond donors (Lipinski definition) is 2. The number of anilines is 1. The summed E-state index contributed by atoms with van der Waals surface area (Å²) in [4.78, 5) is 40.2. The fourth-order valence-electron chi connectivity index (χ4n) is 2.80. The van der Waals surface area contributed by atoms with Crippen LogP contribution < -0.4 is 21.3 Å². The Kier molecular flexibility index (Phi) is 5.44. The van der Waals surface area contributed by atoms with Gasteiger partial charge in [-0.3, -0.25) is 9.59 Å². The molecule has 0 saturated carbocycles. The standard InChI is InChI=1S/C21H21N3O4/c1-4-28-16-10-8-15(9-11-16)24-20(26)17(12-22-21(24)27)19(25)23-18-7-5-6-13(2)14(18)3/h5-12H,4H2,1-3H3,(H,22,27)(H,23,25). The van der Waals surface area contributed by atoms with Crippen molar-refractivity contribution < 1.29 is 9.53 Å². The fraction of sp³-hybridized carbons (Fsp3) is 0.190. The highest BCUT2D eigenvalue weighted by atomic mass is 16.5. The smallest absolute Gasteiger partial charge is 0.333 e. The average Bonchev–Trinajstić information content (AvgIpc) is 2.67. The zero-order valence-electron chi connectivity index (χ0n) is 15.9. The highest BCUT2D eigenvalue weighted by molar-refractivity contribution is 6.04. The van der Waals surface area contributed by atoms with Crippen LogP contribution >= 0.6 is 0 Å². The van der Waals surface area contributed by atoms with Crippen molar-refractivity contribution in [1.29, 1.82) is 0 Å². The summed E-state index contributed by atoms with van der Waals surface area (Å²) in [5, 5.41) is 2.74. The number of carbonyl (C=O) groups is 1. The maximum absolute atomic E-state index is 12.8. The van der Waals surface area contributed by atoms with E-state index in [-0.39, 0.29) is 5.56 Å². The maximum atomic E-state index is 12.8. The van der Waals surface area contributed by atoms with E-state index in [9.17, 15) is 14.4 Å². The number of nitrogens with zero attached hydrogens (tertiary/aromatic N) is 1. The molecule has 7 nitrogen and oxygen atoms in total. The van der Waals surface area contributed by atoms with Crippen LogP contribution in [0.5, 0.6) is 5.75 Å². The minimum Gasteiger partial charge on any atom is -0.494 e. The molecule has 28 heavy (non-hydrogen) atoms. The molecular formula is C21H21N3O4. The van der Waals surface area contributed by atoms with Gasteiger partial charge < -0.3 is 15.0 Å². The van der Waals surface area contributed by atoms with Gasteiger partial charge in [0.25, 0.3) is 11.5 Å². The molecule has 0 bridgehead atoms. The Morgan fingerprint density at radius 3 is 2.50 bits per heavy atom. The quantitative estimate of drug-likeness (QED) is 0.713. The first-order valence-corrected chi connectivity index (χ1v) is 8.88. The van der Waals surface area contributed by atoms with E-state index in [0.29, 0.717) is 23.7 Å². The number of benzene rings is 2. The average molecular weight is 379 g/mol.